The fourth-order valence-corrected chi connectivity index (χ4v) is 3.59. The Balaban J connectivity index is 1.90. The number of likely N-dealkylation sites (tertiary alicyclic amines) is 1. The number of fused-ring (bicyclic) bond motifs is 1. The van der Waals surface area contributed by atoms with E-state index in [1.165, 1.54) is 29.1 Å². The molecule has 3 aliphatic heterocycles. The van der Waals surface area contributed by atoms with Gasteiger partial charge in [0.2, 0.25) is 0 Å². The van der Waals surface area contributed by atoms with Crippen LogP contribution in [0.2, 0.25) is 0 Å². The summed E-state index contributed by atoms with van der Waals surface area (Å²) in [7, 11) is 3.25. The Kier molecular flexibility index (Phi) is 4.48. The highest BCUT2D eigenvalue weighted by Gasteiger charge is 2.52. The van der Waals surface area contributed by atoms with Gasteiger partial charge in [-0.25, -0.2) is 9.37 Å². The summed E-state index contributed by atoms with van der Waals surface area (Å²) in [6.07, 6.45) is 4.68. The van der Waals surface area contributed by atoms with Gasteiger partial charge in [-0.1, -0.05) is 13.3 Å². The Labute approximate surface area is 137 Å². The number of rotatable bonds is 4. The molecule has 0 aromatic rings. The van der Waals surface area contributed by atoms with E-state index in [-0.39, 0.29) is 11.9 Å². The third-order valence-electron chi connectivity index (χ3n) is 4.89. The van der Waals surface area contributed by atoms with Gasteiger partial charge in [-0.2, -0.15) is 0 Å². The summed E-state index contributed by atoms with van der Waals surface area (Å²) in [6, 6.07) is -0.747. The summed E-state index contributed by atoms with van der Waals surface area (Å²) >= 11 is 0. The van der Waals surface area contributed by atoms with Gasteiger partial charge in [0.15, 0.2) is 0 Å². The van der Waals surface area contributed by atoms with Crippen LogP contribution in [0.1, 0.15) is 32.6 Å². The first-order valence-corrected chi connectivity index (χ1v) is 8.53. The molecule has 0 saturated carbocycles. The molecule has 3 aliphatic rings. The van der Waals surface area contributed by atoms with Crippen molar-refractivity contribution >= 4 is 23.6 Å². The lowest BCUT2D eigenvalue weighted by Gasteiger charge is -2.30. The predicted molar refractivity (Wildman–Crippen MR) is 87.9 cm³/mol. The van der Waals surface area contributed by atoms with E-state index in [4.69, 9.17) is 4.99 Å². The van der Waals surface area contributed by atoms with Crippen LogP contribution in [-0.2, 0) is 4.79 Å². The second-order valence-electron chi connectivity index (χ2n) is 6.56. The molecule has 2 fully saturated rings. The number of hydrogen-bond acceptors (Lipinski definition) is 4. The van der Waals surface area contributed by atoms with Crippen LogP contribution in [0.4, 0.5) is 4.79 Å². The molecule has 3 rings (SSSR count). The molecule has 0 spiro atoms. The van der Waals surface area contributed by atoms with E-state index >= 15 is 0 Å². The lowest BCUT2D eigenvalue weighted by molar-refractivity contribution is -0.536. The minimum Gasteiger partial charge on any atom is -0.292 e. The number of urea groups is 1. The Morgan fingerprint density at radius 3 is 2.48 bits per heavy atom. The number of carbonyl (C=O) groups is 2. The molecule has 0 aromatic carbocycles. The van der Waals surface area contributed by atoms with Crippen LogP contribution in [0.15, 0.2) is 4.99 Å². The number of hydrogen-bond donors (Lipinski definition) is 0. The number of amidine groups is 2. The zero-order valence-electron chi connectivity index (χ0n) is 14.3. The summed E-state index contributed by atoms with van der Waals surface area (Å²) in [6.45, 7) is 5.81. The molecular weight excluding hydrogens is 294 g/mol. The number of imide groups is 1. The van der Waals surface area contributed by atoms with Crippen molar-refractivity contribution in [2.75, 3.05) is 40.3 Å². The number of piperidine rings is 1. The Morgan fingerprint density at radius 2 is 1.83 bits per heavy atom. The number of nitrogens with zero attached hydrogens (tertiary/aromatic N) is 5. The van der Waals surface area contributed by atoms with Crippen molar-refractivity contribution in [3.8, 4) is 0 Å². The Bertz CT molecular complexity index is 577. The van der Waals surface area contributed by atoms with Crippen molar-refractivity contribution in [1.29, 1.82) is 0 Å². The first-order valence-electron chi connectivity index (χ1n) is 8.53. The second-order valence-corrected chi connectivity index (χ2v) is 6.56. The van der Waals surface area contributed by atoms with Crippen LogP contribution >= 0.6 is 0 Å². The number of likely N-dealkylation sites (N-methyl/N-ethyl adjacent to an activating group) is 2. The molecule has 7 heteroatoms. The molecule has 0 radical (unpaired) electrons. The molecule has 7 nitrogen and oxygen atoms in total. The second kappa shape index (κ2) is 6.39. The van der Waals surface area contributed by atoms with Crippen molar-refractivity contribution in [3.05, 3.63) is 0 Å². The van der Waals surface area contributed by atoms with Crippen LogP contribution in [-0.4, -0.2) is 89.2 Å². The Morgan fingerprint density at radius 1 is 1.13 bits per heavy atom. The number of carbonyl (C=O) groups excluding carboxylic acids is 2. The molecular formula is C16H26N5O2+. The zero-order chi connectivity index (χ0) is 16.6. The molecule has 23 heavy (non-hydrogen) atoms. The lowest BCUT2D eigenvalue weighted by atomic mass is 10.1. The van der Waals surface area contributed by atoms with Gasteiger partial charge in [-0.05, 0) is 37.3 Å². The van der Waals surface area contributed by atoms with E-state index in [0.717, 1.165) is 38.4 Å². The molecule has 3 heterocycles. The third-order valence-corrected chi connectivity index (χ3v) is 4.89. The minimum absolute atomic E-state index is 0.172. The molecule has 0 aliphatic carbocycles. The van der Waals surface area contributed by atoms with Crippen LogP contribution in [0.25, 0.3) is 0 Å². The van der Waals surface area contributed by atoms with Gasteiger partial charge >= 0.3 is 11.9 Å². The smallest absolute Gasteiger partial charge is 0.292 e. The van der Waals surface area contributed by atoms with E-state index < -0.39 is 6.04 Å². The van der Waals surface area contributed by atoms with E-state index in [1.54, 1.807) is 14.1 Å². The standard InChI is InChI=1S/C16H26N5O2/c1-4-8-21-12(11-20-9-6-5-7-10-20)17-14-13(21)15(22)19(3)16(23)18(14)2/h13H,4-11H2,1-3H3/q+1. The van der Waals surface area contributed by atoms with Gasteiger partial charge in [-0.15, -0.1) is 0 Å². The van der Waals surface area contributed by atoms with E-state index in [2.05, 4.69) is 16.4 Å². The highest BCUT2D eigenvalue weighted by Crippen LogP contribution is 2.20. The molecule has 0 aromatic heterocycles. The quantitative estimate of drug-likeness (QED) is 0.713. The van der Waals surface area contributed by atoms with Gasteiger partial charge in [0, 0.05) is 14.1 Å². The molecule has 0 bridgehead atoms. The topological polar surface area (TPSA) is 59.2 Å². The third kappa shape index (κ3) is 2.78. The average molecular weight is 320 g/mol. The van der Waals surface area contributed by atoms with Gasteiger partial charge in [-0.3, -0.25) is 19.5 Å². The Hall–Kier alpha value is -1.76. The normalized spacial score (nSPS) is 26.0. The predicted octanol–water partition coefficient (Wildman–Crippen LogP) is 0.598. The first kappa shape index (κ1) is 16.1. The van der Waals surface area contributed by atoms with E-state index in [0.29, 0.717) is 5.84 Å². The van der Waals surface area contributed by atoms with Crippen LogP contribution in [0.5, 0.6) is 0 Å². The maximum absolute atomic E-state index is 12.6. The van der Waals surface area contributed by atoms with E-state index in [9.17, 15) is 9.59 Å². The van der Waals surface area contributed by atoms with Gasteiger partial charge in [0.1, 0.15) is 6.54 Å². The number of amides is 3. The van der Waals surface area contributed by atoms with Gasteiger partial charge in [0.05, 0.1) is 6.54 Å². The average Bonchev–Trinajstić information content (AvgIpc) is 2.91. The van der Waals surface area contributed by atoms with Crippen molar-refractivity contribution in [3.63, 3.8) is 0 Å². The molecule has 2 saturated heterocycles. The summed E-state index contributed by atoms with van der Waals surface area (Å²) < 4.78 is 2.09. The van der Waals surface area contributed by atoms with Crippen LogP contribution < -0.4 is 0 Å². The SMILES string of the molecule is CCC[N+]1=C(CN2CCCCC2)N=C2C1C(=O)N(C)C(=O)N2C. The largest absolute Gasteiger partial charge is 0.333 e. The highest BCUT2D eigenvalue weighted by molar-refractivity contribution is 6.23. The minimum atomic E-state index is -0.442. The molecule has 126 valence electrons. The maximum Gasteiger partial charge on any atom is 0.333 e. The van der Waals surface area contributed by atoms with Crippen molar-refractivity contribution < 1.29 is 14.2 Å². The fourth-order valence-electron chi connectivity index (χ4n) is 3.59. The molecule has 1 atom stereocenters. The first-order chi connectivity index (χ1) is 11.0. The summed E-state index contributed by atoms with van der Waals surface area (Å²) in [5.74, 6) is 1.34. The molecule has 0 N–H and O–H groups in total. The maximum atomic E-state index is 12.6. The van der Waals surface area contributed by atoms with Gasteiger partial charge < -0.3 is 0 Å². The van der Waals surface area contributed by atoms with Crippen LogP contribution in [0, 0.1) is 0 Å². The molecule has 3 amide bonds. The summed E-state index contributed by atoms with van der Waals surface area (Å²) in [4.78, 5) is 34.6. The highest BCUT2D eigenvalue weighted by atomic mass is 16.2. The van der Waals surface area contributed by atoms with Gasteiger partial charge in [0.25, 0.3) is 17.8 Å². The van der Waals surface area contributed by atoms with Crippen LogP contribution in [0.3, 0.4) is 0 Å². The fraction of sp³-hybridized carbons (Fsp3) is 0.750. The zero-order valence-corrected chi connectivity index (χ0v) is 14.3. The summed E-state index contributed by atoms with van der Waals surface area (Å²) in [5.41, 5.74) is 0. The number of aliphatic imine (C=N–C) groups is 1. The van der Waals surface area contributed by atoms with Crippen molar-refractivity contribution in [2.24, 2.45) is 4.99 Å². The lowest BCUT2D eigenvalue weighted by Crippen LogP contribution is -2.61. The van der Waals surface area contributed by atoms with E-state index in [1.807, 2.05) is 0 Å². The molecule has 1 unspecified atom stereocenters. The van der Waals surface area contributed by atoms with Crippen molar-refractivity contribution in [1.82, 2.24) is 14.7 Å². The monoisotopic (exact) mass is 320 g/mol. The summed E-state index contributed by atoms with van der Waals surface area (Å²) in [5, 5.41) is 0. The van der Waals surface area contributed by atoms with Crippen molar-refractivity contribution in [2.45, 2.75) is 38.6 Å².